The molecule has 0 saturated heterocycles. The van der Waals surface area contributed by atoms with Crippen molar-refractivity contribution in [2.75, 3.05) is 26.6 Å². The molecular formula is C20H20N2O6. The maximum atomic E-state index is 12.6. The van der Waals surface area contributed by atoms with E-state index in [4.69, 9.17) is 23.4 Å². The van der Waals surface area contributed by atoms with Gasteiger partial charge < -0.3 is 28.7 Å². The summed E-state index contributed by atoms with van der Waals surface area (Å²) in [7, 11) is 4.50. The van der Waals surface area contributed by atoms with Crippen molar-refractivity contribution in [3.05, 3.63) is 53.9 Å². The highest BCUT2D eigenvalue weighted by molar-refractivity contribution is 6.04. The first-order chi connectivity index (χ1) is 13.5. The number of carbonyl (C=O) groups is 1. The molecule has 0 atom stereocenters. The molecule has 8 heteroatoms. The Bertz CT molecular complexity index is 957. The van der Waals surface area contributed by atoms with Gasteiger partial charge in [-0.05, 0) is 24.6 Å². The van der Waals surface area contributed by atoms with Crippen LogP contribution in [0.2, 0.25) is 0 Å². The average molecular weight is 384 g/mol. The smallest absolute Gasteiger partial charge is 0.291 e. The monoisotopic (exact) mass is 384 g/mol. The number of nitrogens with one attached hydrogen (secondary N) is 1. The van der Waals surface area contributed by atoms with Crippen molar-refractivity contribution in [3.63, 3.8) is 0 Å². The van der Waals surface area contributed by atoms with Crippen LogP contribution >= 0.6 is 0 Å². The van der Waals surface area contributed by atoms with Crippen molar-refractivity contribution in [3.8, 4) is 29.1 Å². The lowest BCUT2D eigenvalue weighted by molar-refractivity contribution is 0.0990. The molecule has 0 radical (unpaired) electrons. The Balaban J connectivity index is 1.80. The lowest BCUT2D eigenvalue weighted by atomic mass is 10.2. The highest BCUT2D eigenvalue weighted by Gasteiger charge is 2.19. The number of hydrogen-bond donors (Lipinski definition) is 1. The molecule has 0 aliphatic heterocycles. The van der Waals surface area contributed by atoms with E-state index in [-0.39, 0.29) is 11.7 Å². The van der Waals surface area contributed by atoms with Crippen molar-refractivity contribution in [2.45, 2.75) is 6.92 Å². The minimum atomic E-state index is -0.492. The molecule has 1 aromatic carbocycles. The summed E-state index contributed by atoms with van der Waals surface area (Å²) in [4.78, 5) is 16.7. The van der Waals surface area contributed by atoms with Gasteiger partial charge in [-0.1, -0.05) is 0 Å². The third-order valence-electron chi connectivity index (χ3n) is 3.85. The minimum Gasteiger partial charge on any atom is -0.496 e. The largest absolute Gasteiger partial charge is 0.496 e. The Labute approximate surface area is 162 Å². The van der Waals surface area contributed by atoms with Gasteiger partial charge in [0.05, 0.1) is 21.3 Å². The van der Waals surface area contributed by atoms with E-state index >= 15 is 0 Å². The second kappa shape index (κ2) is 8.34. The number of aryl methyl sites for hydroxylation is 1. The molecule has 2 heterocycles. The lowest BCUT2D eigenvalue weighted by Crippen LogP contribution is -2.13. The van der Waals surface area contributed by atoms with Crippen molar-refractivity contribution in [1.82, 2.24) is 4.98 Å². The van der Waals surface area contributed by atoms with E-state index < -0.39 is 5.91 Å². The van der Waals surface area contributed by atoms with Crippen molar-refractivity contribution in [2.24, 2.45) is 0 Å². The third kappa shape index (κ3) is 4.17. The number of pyridine rings is 1. The molecule has 0 bridgehead atoms. The van der Waals surface area contributed by atoms with Gasteiger partial charge in [-0.15, -0.1) is 0 Å². The fourth-order valence-corrected chi connectivity index (χ4v) is 2.47. The van der Waals surface area contributed by atoms with Gasteiger partial charge in [0.25, 0.3) is 11.9 Å². The molecule has 146 valence electrons. The molecule has 1 amide bonds. The number of furan rings is 1. The van der Waals surface area contributed by atoms with E-state index in [0.29, 0.717) is 28.8 Å². The SMILES string of the molecule is COc1cc(OC)c(NC(=O)c2ccc(Oc3cc(C)ccn3)o2)c(OC)c1. The summed E-state index contributed by atoms with van der Waals surface area (Å²) < 4.78 is 26.9. The molecular weight excluding hydrogens is 364 g/mol. The second-order valence-electron chi connectivity index (χ2n) is 5.75. The summed E-state index contributed by atoms with van der Waals surface area (Å²) in [6.07, 6.45) is 1.63. The molecule has 8 nitrogen and oxygen atoms in total. The number of rotatable bonds is 7. The fraction of sp³-hybridized carbons (Fsp3) is 0.200. The van der Waals surface area contributed by atoms with Crippen LogP contribution in [0.15, 0.2) is 47.0 Å². The maximum absolute atomic E-state index is 12.6. The second-order valence-corrected chi connectivity index (χ2v) is 5.75. The van der Waals surface area contributed by atoms with E-state index in [1.807, 2.05) is 13.0 Å². The fourth-order valence-electron chi connectivity index (χ4n) is 2.47. The van der Waals surface area contributed by atoms with E-state index in [2.05, 4.69) is 10.3 Å². The Morgan fingerprint density at radius 2 is 1.71 bits per heavy atom. The highest BCUT2D eigenvalue weighted by Crippen LogP contribution is 2.39. The first-order valence-corrected chi connectivity index (χ1v) is 8.35. The molecule has 28 heavy (non-hydrogen) atoms. The summed E-state index contributed by atoms with van der Waals surface area (Å²) >= 11 is 0. The van der Waals surface area contributed by atoms with Gasteiger partial charge in [0.15, 0.2) is 5.76 Å². The third-order valence-corrected chi connectivity index (χ3v) is 3.85. The van der Waals surface area contributed by atoms with Crippen LogP contribution in [0.3, 0.4) is 0 Å². The van der Waals surface area contributed by atoms with Crippen molar-refractivity contribution < 1.29 is 28.2 Å². The normalized spacial score (nSPS) is 10.3. The minimum absolute atomic E-state index is 0.0579. The van der Waals surface area contributed by atoms with Crippen molar-refractivity contribution >= 4 is 11.6 Å². The van der Waals surface area contributed by atoms with Crippen LogP contribution in [-0.4, -0.2) is 32.2 Å². The molecule has 1 N–H and O–H groups in total. The maximum Gasteiger partial charge on any atom is 0.291 e. The van der Waals surface area contributed by atoms with Crippen LogP contribution in [0.1, 0.15) is 16.1 Å². The zero-order valence-corrected chi connectivity index (χ0v) is 15.9. The Hall–Kier alpha value is -3.68. The van der Waals surface area contributed by atoms with Crippen LogP contribution in [0.5, 0.6) is 29.1 Å². The highest BCUT2D eigenvalue weighted by atomic mass is 16.6. The van der Waals surface area contributed by atoms with Gasteiger partial charge >= 0.3 is 0 Å². The Morgan fingerprint density at radius 3 is 2.32 bits per heavy atom. The van der Waals surface area contributed by atoms with E-state index in [1.165, 1.54) is 27.4 Å². The number of hydrogen-bond acceptors (Lipinski definition) is 7. The predicted molar refractivity (Wildman–Crippen MR) is 102 cm³/mol. The molecule has 3 aromatic rings. The number of carbonyl (C=O) groups excluding carboxylic acids is 1. The molecule has 2 aromatic heterocycles. The van der Waals surface area contributed by atoms with Crippen molar-refractivity contribution in [1.29, 1.82) is 0 Å². The first kappa shape index (κ1) is 19.1. The van der Waals surface area contributed by atoms with Crippen LogP contribution in [0.4, 0.5) is 5.69 Å². The first-order valence-electron chi connectivity index (χ1n) is 8.35. The number of aromatic nitrogens is 1. The van der Waals surface area contributed by atoms with Gasteiger partial charge in [0.1, 0.15) is 22.9 Å². The number of ether oxygens (including phenoxy) is 4. The Kier molecular flexibility index (Phi) is 5.69. The molecule has 0 unspecified atom stereocenters. The number of anilines is 1. The molecule has 0 saturated carbocycles. The Morgan fingerprint density at radius 1 is 1.00 bits per heavy atom. The molecule has 0 aliphatic carbocycles. The quantitative estimate of drug-likeness (QED) is 0.657. The summed E-state index contributed by atoms with van der Waals surface area (Å²) in [6.45, 7) is 1.92. The van der Waals surface area contributed by atoms with Gasteiger partial charge in [-0.3, -0.25) is 4.79 Å². The van der Waals surface area contributed by atoms with Crippen LogP contribution in [0.25, 0.3) is 0 Å². The van der Waals surface area contributed by atoms with Gasteiger partial charge in [0, 0.05) is 30.5 Å². The number of methoxy groups -OCH3 is 3. The topological polar surface area (TPSA) is 92.1 Å². The lowest BCUT2D eigenvalue weighted by Gasteiger charge is -2.15. The molecule has 0 aliphatic rings. The van der Waals surface area contributed by atoms with Gasteiger partial charge in [-0.2, -0.15) is 0 Å². The van der Waals surface area contributed by atoms with Gasteiger partial charge in [-0.25, -0.2) is 4.98 Å². The molecule has 0 fully saturated rings. The zero-order chi connectivity index (χ0) is 20.1. The zero-order valence-electron chi connectivity index (χ0n) is 15.9. The molecule has 3 rings (SSSR count). The van der Waals surface area contributed by atoms with Crippen LogP contribution in [-0.2, 0) is 0 Å². The predicted octanol–water partition coefficient (Wildman–Crippen LogP) is 4.05. The average Bonchev–Trinajstić information content (AvgIpc) is 3.16. The number of amides is 1. The van der Waals surface area contributed by atoms with E-state index in [1.54, 1.807) is 30.5 Å². The number of benzene rings is 1. The van der Waals surface area contributed by atoms with Crippen LogP contribution < -0.4 is 24.3 Å². The molecule has 0 spiro atoms. The summed E-state index contributed by atoms with van der Waals surface area (Å²) in [6, 6.07) is 9.93. The summed E-state index contributed by atoms with van der Waals surface area (Å²) in [5.41, 5.74) is 1.35. The van der Waals surface area contributed by atoms with E-state index in [0.717, 1.165) is 5.56 Å². The summed E-state index contributed by atoms with van der Waals surface area (Å²) in [5.74, 6) is 1.40. The van der Waals surface area contributed by atoms with Crippen LogP contribution in [0, 0.1) is 6.92 Å². The van der Waals surface area contributed by atoms with E-state index in [9.17, 15) is 4.79 Å². The number of nitrogens with zero attached hydrogens (tertiary/aromatic N) is 1. The van der Waals surface area contributed by atoms with Gasteiger partial charge in [0.2, 0.25) is 5.88 Å². The summed E-state index contributed by atoms with van der Waals surface area (Å²) in [5, 5.41) is 2.73. The standard InChI is InChI=1S/C20H20N2O6/c1-12-7-8-21-17(9-12)28-18-6-5-14(27-18)20(23)22-19-15(25-3)10-13(24-2)11-16(19)26-4/h5-11H,1-4H3,(H,22,23).